The Labute approximate surface area is 171 Å². The van der Waals surface area contributed by atoms with E-state index in [0.29, 0.717) is 10.6 Å². The van der Waals surface area contributed by atoms with E-state index in [2.05, 4.69) is 10.3 Å². The van der Waals surface area contributed by atoms with E-state index < -0.39 is 17.6 Å². The molecular formula is C21H13Cl2N3O2. The van der Waals surface area contributed by atoms with Gasteiger partial charge in [-0.15, -0.1) is 0 Å². The fraction of sp³-hybridized carbons (Fsp3) is 0.0476. The van der Waals surface area contributed by atoms with Crippen molar-refractivity contribution in [1.29, 1.82) is 5.26 Å². The van der Waals surface area contributed by atoms with Crippen LogP contribution < -0.4 is 5.32 Å². The molecule has 1 amide bonds. The monoisotopic (exact) mass is 409 g/mol. The molecule has 3 rings (SSSR count). The summed E-state index contributed by atoms with van der Waals surface area (Å²) in [5.41, 5.74) is 1.70. The Kier molecular flexibility index (Phi) is 6.05. The van der Waals surface area contributed by atoms with Crippen LogP contribution in [0.1, 0.15) is 5.56 Å². The smallest absolute Gasteiger partial charge is 0.249 e. The quantitative estimate of drug-likeness (QED) is 0.479. The molecule has 1 heterocycles. The number of carbonyl (C=O) groups excluding carboxylic acids is 2. The van der Waals surface area contributed by atoms with Crippen LogP contribution in [0.15, 0.2) is 60.8 Å². The normalized spacial score (nSPS) is 11.9. The van der Waals surface area contributed by atoms with Crippen LogP contribution in [0.2, 0.25) is 10.0 Å². The highest BCUT2D eigenvalue weighted by molar-refractivity contribution is 6.36. The van der Waals surface area contributed by atoms with Gasteiger partial charge in [-0.2, -0.15) is 5.26 Å². The van der Waals surface area contributed by atoms with Gasteiger partial charge < -0.3 is 5.32 Å². The van der Waals surface area contributed by atoms with Crippen molar-refractivity contribution in [2.24, 2.45) is 5.92 Å². The number of amides is 1. The highest BCUT2D eigenvalue weighted by Crippen LogP contribution is 2.26. The van der Waals surface area contributed by atoms with E-state index in [4.69, 9.17) is 23.2 Å². The van der Waals surface area contributed by atoms with Gasteiger partial charge in [0.2, 0.25) is 5.91 Å². The number of anilines is 1. The summed E-state index contributed by atoms with van der Waals surface area (Å²) in [6, 6.07) is 15.5. The lowest BCUT2D eigenvalue weighted by Gasteiger charge is -2.09. The maximum absolute atomic E-state index is 12.4. The molecule has 3 aromatic rings. The molecule has 0 radical (unpaired) electrons. The number of fused-ring (bicyclic) bond motifs is 1. The number of hydrogen-bond acceptors (Lipinski definition) is 4. The van der Waals surface area contributed by atoms with Crippen molar-refractivity contribution in [3.05, 3.63) is 76.4 Å². The molecule has 0 aliphatic carbocycles. The molecule has 138 valence electrons. The average molecular weight is 410 g/mol. The van der Waals surface area contributed by atoms with E-state index in [0.717, 1.165) is 10.9 Å². The molecule has 0 spiro atoms. The van der Waals surface area contributed by atoms with Crippen LogP contribution in [0.4, 0.5) is 5.69 Å². The number of allylic oxidation sites excluding steroid dienone is 1. The number of nitriles is 1. The molecular weight excluding hydrogens is 397 g/mol. The highest BCUT2D eigenvalue weighted by atomic mass is 35.5. The van der Waals surface area contributed by atoms with Gasteiger partial charge in [-0.25, -0.2) is 0 Å². The number of rotatable bonds is 5. The summed E-state index contributed by atoms with van der Waals surface area (Å²) in [6.45, 7) is 0. The van der Waals surface area contributed by atoms with Crippen LogP contribution in [-0.4, -0.2) is 16.7 Å². The molecule has 1 aromatic heterocycles. The Morgan fingerprint density at radius 2 is 1.93 bits per heavy atom. The standard InChI is InChI=1S/C21H13Cl2N3O2/c22-15-7-8-18(17(23)11-15)26-21(28)16(12-24)19(27)9-6-14-4-1-3-13-5-2-10-25-20(13)14/h1-11,16H,(H,26,28)/b9-6+. The Hall–Kier alpha value is -3.20. The van der Waals surface area contributed by atoms with E-state index in [1.54, 1.807) is 30.5 Å². The molecule has 0 fully saturated rings. The van der Waals surface area contributed by atoms with Crippen molar-refractivity contribution in [1.82, 2.24) is 4.98 Å². The molecule has 0 bridgehead atoms. The van der Waals surface area contributed by atoms with Crippen molar-refractivity contribution in [2.75, 3.05) is 5.32 Å². The Balaban J connectivity index is 1.78. The summed E-state index contributed by atoms with van der Waals surface area (Å²) in [6.07, 6.45) is 4.41. The minimum atomic E-state index is -1.51. The van der Waals surface area contributed by atoms with E-state index in [1.165, 1.54) is 18.2 Å². The number of nitrogens with one attached hydrogen (secondary N) is 1. The van der Waals surface area contributed by atoms with Crippen LogP contribution in [-0.2, 0) is 9.59 Å². The third-order valence-electron chi connectivity index (χ3n) is 3.96. The molecule has 1 unspecified atom stereocenters. The topological polar surface area (TPSA) is 82.8 Å². The second-order valence-corrected chi connectivity index (χ2v) is 6.68. The van der Waals surface area contributed by atoms with Gasteiger partial charge in [-0.05, 0) is 36.4 Å². The van der Waals surface area contributed by atoms with Gasteiger partial charge in [0.15, 0.2) is 11.7 Å². The first-order valence-corrected chi connectivity index (χ1v) is 8.96. The lowest BCUT2D eigenvalue weighted by atomic mass is 10.0. The summed E-state index contributed by atoms with van der Waals surface area (Å²) in [7, 11) is 0. The molecule has 1 atom stereocenters. The zero-order chi connectivity index (χ0) is 20.1. The maximum atomic E-state index is 12.4. The predicted octanol–water partition coefficient (Wildman–Crippen LogP) is 4.90. The van der Waals surface area contributed by atoms with Crippen LogP contribution in [0.5, 0.6) is 0 Å². The fourth-order valence-electron chi connectivity index (χ4n) is 2.58. The Morgan fingerprint density at radius 3 is 2.68 bits per heavy atom. The van der Waals surface area contributed by atoms with E-state index in [1.807, 2.05) is 24.3 Å². The van der Waals surface area contributed by atoms with Gasteiger partial charge in [0.05, 0.1) is 22.3 Å². The zero-order valence-electron chi connectivity index (χ0n) is 14.4. The molecule has 28 heavy (non-hydrogen) atoms. The fourth-order valence-corrected chi connectivity index (χ4v) is 3.03. The van der Waals surface area contributed by atoms with E-state index in [9.17, 15) is 14.9 Å². The number of hydrogen-bond donors (Lipinski definition) is 1. The molecule has 0 aliphatic rings. The van der Waals surface area contributed by atoms with Crippen molar-refractivity contribution >= 4 is 57.6 Å². The van der Waals surface area contributed by atoms with Crippen molar-refractivity contribution < 1.29 is 9.59 Å². The van der Waals surface area contributed by atoms with E-state index in [-0.39, 0.29) is 10.7 Å². The van der Waals surface area contributed by atoms with Gasteiger partial charge in [0, 0.05) is 22.2 Å². The Morgan fingerprint density at radius 1 is 1.14 bits per heavy atom. The first-order chi connectivity index (χ1) is 13.5. The second-order valence-electron chi connectivity index (χ2n) is 5.83. The first kappa shape index (κ1) is 19.6. The van der Waals surface area contributed by atoms with Crippen LogP contribution >= 0.6 is 23.2 Å². The van der Waals surface area contributed by atoms with Gasteiger partial charge in [-0.1, -0.05) is 47.5 Å². The highest BCUT2D eigenvalue weighted by Gasteiger charge is 2.25. The summed E-state index contributed by atoms with van der Waals surface area (Å²) < 4.78 is 0. The summed E-state index contributed by atoms with van der Waals surface area (Å²) >= 11 is 11.8. The number of aromatic nitrogens is 1. The lowest BCUT2D eigenvalue weighted by Crippen LogP contribution is -2.27. The van der Waals surface area contributed by atoms with Gasteiger partial charge in [0.25, 0.3) is 0 Å². The largest absolute Gasteiger partial charge is 0.323 e. The summed E-state index contributed by atoms with van der Waals surface area (Å²) in [5, 5.41) is 13.3. The van der Waals surface area contributed by atoms with E-state index >= 15 is 0 Å². The third-order valence-corrected chi connectivity index (χ3v) is 4.50. The van der Waals surface area contributed by atoms with Gasteiger partial charge in [0.1, 0.15) is 0 Å². The van der Waals surface area contributed by atoms with Crippen molar-refractivity contribution in [3.8, 4) is 6.07 Å². The zero-order valence-corrected chi connectivity index (χ0v) is 15.9. The Bertz CT molecular complexity index is 1130. The molecule has 1 N–H and O–H groups in total. The minimum Gasteiger partial charge on any atom is -0.323 e. The van der Waals surface area contributed by atoms with Gasteiger partial charge in [-0.3, -0.25) is 14.6 Å². The number of carbonyl (C=O) groups is 2. The number of nitrogens with zero attached hydrogens (tertiary/aromatic N) is 2. The molecule has 0 aliphatic heterocycles. The lowest BCUT2D eigenvalue weighted by molar-refractivity contribution is -0.126. The number of ketones is 1. The first-order valence-electron chi connectivity index (χ1n) is 8.21. The maximum Gasteiger partial charge on any atom is 0.249 e. The third kappa shape index (κ3) is 4.37. The SMILES string of the molecule is N#CC(C(=O)/C=C/c1cccc2cccnc12)C(=O)Nc1ccc(Cl)cc1Cl. The van der Waals surface area contributed by atoms with Gasteiger partial charge >= 0.3 is 0 Å². The molecule has 0 saturated carbocycles. The summed E-state index contributed by atoms with van der Waals surface area (Å²) in [5.74, 6) is -2.92. The van der Waals surface area contributed by atoms with Crippen molar-refractivity contribution in [3.63, 3.8) is 0 Å². The van der Waals surface area contributed by atoms with Crippen LogP contribution in [0, 0.1) is 17.2 Å². The minimum absolute atomic E-state index is 0.211. The number of pyridine rings is 1. The average Bonchev–Trinajstić information content (AvgIpc) is 2.69. The van der Waals surface area contributed by atoms with Crippen molar-refractivity contribution in [2.45, 2.75) is 0 Å². The molecule has 7 heteroatoms. The molecule has 0 saturated heterocycles. The van der Waals surface area contributed by atoms with Crippen LogP contribution in [0.3, 0.4) is 0 Å². The second kappa shape index (κ2) is 8.66. The molecule has 2 aromatic carbocycles. The molecule has 5 nitrogen and oxygen atoms in total. The van der Waals surface area contributed by atoms with Crippen LogP contribution in [0.25, 0.3) is 17.0 Å². The number of halogens is 2. The number of para-hydroxylation sites is 1. The predicted molar refractivity (Wildman–Crippen MR) is 110 cm³/mol. The summed E-state index contributed by atoms with van der Waals surface area (Å²) in [4.78, 5) is 29.1. The number of benzene rings is 2.